The van der Waals surface area contributed by atoms with E-state index in [-0.39, 0.29) is 0 Å². The first-order chi connectivity index (χ1) is 8.56. The molecule has 1 aliphatic heterocycles. The minimum atomic E-state index is -0.886. The van der Waals surface area contributed by atoms with Crippen molar-refractivity contribution in [3.8, 4) is 5.75 Å². The minimum Gasteiger partial charge on any atom is -0.503 e. The van der Waals surface area contributed by atoms with Crippen LogP contribution in [0.25, 0.3) is 0 Å². The second-order valence-electron chi connectivity index (χ2n) is 5.22. The van der Waals surface area contributed by atoms with E-state index < -0.39 is 17.4 Å². The molecule has 4 heteroatoms. The minimum absolute atomic E-state index is 0.542. The lowest BCUT2D eigenvalue weighted by atomic mass is 10.0. The van der Waals surface area contributed by atoms with Gasteiger partial charge in [-0.2, -0.15) is 0 Å². The Balaban J connectivity index is 2.05. The van der Waals surface area contributed by atoms with Gasteiger partial charge in [0.25, 0.3) is 0 Å². The van der Waals surface area contributed by atoms with Gasteiger partial charge in [0, 0.05) is 6.54 Å². The smallest absolute Gasteiger partial charge is 0.187 e. The lowest BCUT2D eigenvalue weighted by Crippen LogP contribution is -2.24. The Bertz CT molecular complexity index is 399. The zero-order chi connectivity index (χ0) is 13.1. The predicted octanol–water partition coefficient (Wildman–Crippen LogP) is 3.29. The van der Waals surface area contributed by atoms with Gasteiger partial charge in [-0.25, -0.2) is 8.78 Å². The van der Waals surface area contributed by atoms with Crippen molar-refractivity contribution in [2.24, 2.45) is 5.92 Å². The first-order valence-electron chi connectivity index (χ1n) is 6.45. The number of rotatable bonds is 2. The molecule has 18 heavy (non-hydrogen) atoms. The van der Waals surface area contributed by atoms with Gasteiger partial charge in [0.2, 0.25) is 0 Å². The summed E-state index contributed by atoms with van der Waals surface area (Å²) >= 11 is 0. The average Bonchev–Trinajstić information content (AvgIpc) is 2.51. The van der Waals surface area contributed by atoms with Crippen molar-refractivity contribution in [1.82, 2.24) is 4.90 Å². The summed E-state index contributed by atoms with van der Waals surface area (Å²) < 4.78 is 26.5. The Morgan fingerprint density at radius 1 is 1.22 bits per heavy atom. The number of halogens is 2. The van der Waals surface area contributed by atoms with Gasteiger partial charge in [0.1, 0.15) is 0 Å². The molecule has 1 heterocycles. The first-order valence-corrected chi connectivity index (χ1v) is 6.45. The van der Waals surface area contributed by atoms with Gasteiger partial charge in [0.05, 0.1) is 0 Å². The van der Waals surface area contributed by atoms with Crippen molar-refractivity contribution in [2.45, 2.75) is 32.7 Å². The third-order valence-corrected chi connectivity index (χ3v) is 3.59. The SMILES string of the molecule is CC1CCCN(Cc2cc(F)c(O)c(F)c2)CC1. The molecule has 2 nitrogen and oxygen atoms in total. The maximum Gasteiger partial charge on any atom is 0.187 e. The van der Waals surface area contributed by atoms with Crippen LogP contribution >= 0.6 is 0 Å². The highest BCUT2D eigenvalue weighted by atomic mass is 19.1. The summed E-state index contributed by atoms with van der Waals surface area (Å²) in [7, 11) is 0. The highest BCUT2D eigenvalue weighted by Gasteiger charge is 2.16. The average molecular weight is 255 g/mol. The summed E-state index contributed by atoms with van der Waals surface area (Å²) in [6.07, 6.45) is 3.47. The van der Waals surface area contributed by atoms with Gasteiger partial charge in [-0.15, -0.1) is 0 Å². The van der Waals surface area contributed by atoms with Crippen molar-refractivity contribution < 1.29 is 13.9 Å². The Morgan fingerprint density at radius 3 is 2.56 bits per heavy atom. The maximum absolute atomic E-state index is 13.2. The molecular weight excluding hydrogens is 236 g/mol. The number of phenols is 1. The second kappa shape index (κ2) is 5.65. The van der Waals surface area contributed by atoms with Crippen LogP contribution < -0.4 is 0 Å². The van der Waals surface area contributed by atoms with Crippen LogP contribution in [0.2, 0.25) is 0 Å². The molecule has 0 spiro atoms. The summed E-state index contributed by atoms with van der Waals surface area (Å²) in [5, 5.41) is 9.05. The van der Waals surface area contributed by atoms with E-state index in [1.165, 1.54) is 18.6 Å². The van der Waals surface area contributed by atoms with Gasteiger partial charge in [-0.3, -0.25) is 4.90 Å². The normalized spacial score (nSPS) is 21.8. The first kappa shape index (κ1) is 13.3. The molecule has 1 unspecified atom stereocenters. The fourth-order valence-corrected chi connectivity index (χ4v) is 2.45. The molecule has 1 aromatic carbocycles. The van der Waals surface area contributed by atoms with E-state index >= 15 is 0 Å². The Morgan fingerprint density at radius 2 is 1.89 bits per heavy atom. The highest BCUT2D eigenvalue weighted by molar-refractivity contribution is 5.30. The summed E-state index contributed by atoms with van der Waals surface area (Å²) in [6, 6.07) is 2.43. The van der Waals surface area contributed by atoms with Crippen LogP contribution in [0.5, 0.6) is 5.75 Å². The van der Waals surface area contributed by atoms with Crippen molar-refractivity contribution in [3.63, 3.8) is 0 Å². The van der Waals surface area contributed by atoms with Crippen LogP contribution in [0, 0.1) is 17.6 Å². The molecule has 1 atom stereocenters. The standard InChI is InChI=1S/C14H19F2NO/c1-10-3-2-5-17(6-4-10)9-11-7-12(15)14(18)13(16)8-11/h7-8,10,18H,2-6,9H2,1H3. The van der Waals surface area contributed by atoms with Crippen LogP contribution in [-0.2, 0) is 6.54 Å². The Kier molecular flexibility index (Phi) is 4.17. The molecule has 0 aromatic heterocycles. The summed E-state index contributed by atoms with van der Waals surface area (Å²) in [5.74, 6) is -1.92. The summed E-state index contributed by atoms with van der Waals surface area (Å²) in [5.41, 5.74) is 0.581. The van der Waals surface area contributed by atoms with Gasteiger partial charge in [0.15, 0.2) is 17.4 Å². The van der Waals surface area contributed by atoms with Crippen LogP contribution in [-0.4, -0.2) is 23.1 Å². The molecule has 1 saturated heterocycles. The van der Waals surface area contributed by atoms with E-state index in [0.29, 0.717) is 12.1 Å². The molecule has 0 amide bonds. The van der Waals surface area contributed by atoms with Gasteiger partial charge in [-0.1, -0.05) is 6.92 Å². The van der Waals surface area contributed by atoms with Crippen LogP contribution in [0.1, 0.15) is 31.7 Å². The van der Waals surface area contributed by atoms with Crippen molar-refractivity contribution in [3.05, 3.63) is 29.3 Å². The van der Waals surface area contributed by atoms with Crippen molar-refractivity contribution in [1.29, 1.82) is 0 Å². The molecule has 0 bridgehead atoms. The number of benzene rings is 1. The number of hydrogen-bond acceptors (Lipinski definition) is 2. The Hall–Kier alpha value is -1.16. The third kappa shape index (κ3) is 3.19. The zero-order valence-electron chi connectivity index (χ0n) is 10.6. The third-order valence-electron chi connectivity index (χ3n) is 3.59. The molecule has 0 saturated carbocycles. The number of phenolic OH excluding ortho intramolecular Hbond substituents is 1. The second-order valence-corrected chi connectivity index (χ2v) is 5.22. The molecule has 0 radical (unpaired) electrons. The van der Waals surface area contributed by atoms with Crippen LogP contribution in [0.15, 0.2) is 12.1 Å². The topological polar surface area (TPSA) is 23.5 Å². The van der Waals surface area contributed by atoms with Gasteiger partial charge < -0.3 is 5.11 Å². The maximum atomic E-state index is 13.2. The fourth-order valence-electron chi connectivity index (χ4n) is 2.45. The number of nitrogens with zero attached hydrogens (tertiary/aromatic N) is 1. The molecular formula is C14H19F2NO. The van der Waals surface area contributed by atoms with E-state index in [1.807, 2.05) is 0 Å². The zero-order valence-corrected chi connectivity index (χ0v) is 10.6. The van der Waals surface area contributed by atoms with Gasteiger partial charge >= 0.3 is 0 Å². The largest absolute Gasteiger partial charge is 0.503 e. The van der Waals surface area contributed by atoms with Crippen molar-refractivity contribution in [2.75, 3.05) is 13.1 Å². The van der Waals surface area contributed by atoms with Crippen LogP contribution in [0.4, 0.5) is 8.78 Å². The van der Waals surface area contributed by atoms with Crippen LogP contribution in [0.3, 0.4) is 0 Å². The fraction of sp³-hybridized carbons (Fsp3) is 0.571. The number of aromatic hydroxyl groups is 1. The Labute approximate surface area is 106 Å². The summed E-state index contributed by atoms with van der Waals surface area (Å²) in [4.78, 5) is 2.22. The molecule has 100 valence electrons. The van der Waals surface area contributed by atoms with E-state index in [0.717, 1.165) is 31.8 Å². The molecule has 1 fully saturated rings. The lowest BCUT2D eigenvalue weighted by Gasteiger charge is -2.20. The van der Waals surface area contributed by atoms with Gasteiger partial charge in [-0.05, 0) is 56.0 Å². The molecule has 2 rings (SSSR count). The molecule has 1 N–H and O–H groups in total. The molecule has 1 aliphatic rings. The highest BCUT2D eigenvalue weighted by Crippen LogP contribution is 2.23. The number of likely N-dealkylation sites (tertiary alicyclic amines) is 1. The van der Waals surface area contributed by atoms with E-state index in [4.69, 9.17) is 5.11 Å². The van der Waals surface area contributed by atoms with E-state index in [1.54, 1.807) is 0 Å². The molecule has 1 aromatic rings. The summed E-state index contributed by atoms with van der Waals surface area (Å²) in [6.45, 7) is 4.71. The quantitative estimate of drug-likeness (QED) is 0.876. The lowest BCUT2D eigenvalue weighted by molar-refractivity contribution is 0.272. The van der Waals surface area contributed by atoms with E-state index in [2.05, 4.69) is 11.8 Å². The number of hydrogen-bond donors (Lipinski definition) is 1. The van der Waals surface area contributed by atoms with Crippen molar-refractivity contribution >= 4 is 0 Å². The van der Waals surface area contributed by atoms with E-state index in [9.17, 15) is 8.78 Å². The molecule has 0 aliphatic carbocycles. The monoisotopic (exact) mass is 255 g/mol. The predicted molar refractivity (Wildman–Crippen MR) is 66.3 cm³/mol.